The van der Waals surface area contributed by atoms with E-state index < -0.39 is 18.5 Å². The fourth-order valence-electron chi connectivity index (χ4n) is 3.50. The fraction of sp³-hybridized carbons (Fsp3) is 0.375. The molecule has 0 saturated heterocycles. The Bertz CT molecular complexity index is 951. The van der Waals surface area contributed by atoms with Crippen molar-refractivity contribution in [2.75, 3.05) is 18.5 Å². The van der Waals surface area contributed by atoms with Gasteiger partial charge >= 0.3 is 5.97 Å². The van der Waals surface area contributed by atoms with Crippen LogP contribution in [0.25, 0.3) is 0 Å². The van der Waals surface area contributed by atoms with Crippen molar-refractivity contribution < 1.29 is 23.9 Å². The van der Waals surface area contributed by atoms with E-state index in [9.17, 15) is 14.4 Å². The summed E-state index contributed by atoms with van der Waals surface area (Å²) < 4.78 is 10.5. The largest absolute Gasteiger partial charge is 0.482 e. The Morgan fingerprint density at radius 1 is 1.00 bits per heavy atom. The Morgan fingerprint density at radius 3 is 2.52 bits per heavy atom. The third-order valence-electron chi connectivity index (χ3n) is 5.19. The second-order valence-electron chi connectivity index (χ2n) is 7.77. The minimum atomic E-state index is -0.650. The molecule has 0 spiro atoms. The number of amides is 2. The first kappa shape index (κ1) is 22.3. The minimum absolute atomic E-state index is 0.175. The zero-order valence-electron chi connectivity index (χ0n) is 17.9. The number of hydrogen-bond donors (Lipinski definition) is 2. The lowest BCUT2D eigenvalue weighted by Gasteiger charge is -2.15. The van der Waals surface area contributed by atoms with E-state index in [1.54, 1.807) is 24.3 Å². The second-order valence-corrected chi connectivity index (χ2v) is 7.77. The molecule has 7 nitrogen and oxygen atoms in total. The zero-order valence-corrected chi connectivity index (χ0v) is 17.9. The molecule has 3 rings (SSSR count). The maximum atomic E-state index is 12.6. The van der Waals surface area contributed by atoms with Crippen LogP contribution < -0.4 is 15.4 Å². The Balaban J connectivity index is 1.48. The molecule has 0 radical (unpaired) electrons. The standard InChI is InChI=1S/C24H28N2O5/c1-16-11-12-17(2)21(13-16)30-15-23(28)31-14-22(27)26-20-10-6-5-9-19(20)24(29)25-18-7-3-4-8-18/h5-6,9-13,18H,3-4,7-8,14-15H2,1-2H3,(H,25,29)(H,26,27). The molecule has 2 aromatic carbocycles. The molecule has 1 aliphatic rings. The molecule has 1 fully saturated rings. The molecule has 2 aromatic rings. The van der Waals surface area contributed by atoms with Crippen LogP contribution in [-0.4, -0.2) is 37.0 Å². The summed E-state index contributed by atoms with van der Waals surface area (Å²) in [7, 11) is 0. The van der Waals surface area contributed by atoms with Gasteiger partial charge in [0.15, 0.2) is 13.2 Å². The number of hydrogen-bond acceptors (Lipinski definition) is 5. The molecular weight excluding hydrogens is 396 g/mol. The molecular formula is C24H28N2O5. The van der Waals surface area contributed by atoms with Gasteiger partial charge in [-0.3, -0.25) is 9.59 Å². The van der Waals surface area contributed by atoms with Gasteiger partial charge in [-0.15, -0.1) is 0 Å². The topological polar surface area (TPSA) is 93.7 Å². The predicted molar refractivity (Wildman–Crippen MR) is 117 cm³/mol. The summed E-state index contributed by atoms with van der Waals surface area (Å²) in [6, 6.07) is 12.6. The molecule has 7 heteroatoms. The number of para-hydroxylation sites is 1. The van der Waals surface area contributed by atoms with Gasteiger partial charge in [-0.2, -0.15) is 0 Å². The van der Waals surface area contributed by atoms with E-state index in [4.69, 9.17) is 9.47 Å². The second kappa shape index (κ2) is 10.6. The van der Waals surface area contributed by atoms with Crippen molar-refractivity contribution in [2.24, 2.45) is 0 Å². The number of rotatable bonds is 8. The highest BCUT2D eigenvalue weighted by Crippen LogP contribution is 2.21. The fourth-order valence-corrected chi connectivity index (χ4v) is 3.50. The number of carbonyl (C=O) groups is 3. The summed E-state index contributed by atoms with van der Waals surface area (Å²) in [5.41, 5.74) is 2.69. The number of aryl methyl sites for hydroxylation is 2. The van der Waals surface area contributed by atoms with Crippen LogP contribution in [-0.2, 0) is 14.3 Å². The Hall–Kier alpha value is -3.35. The van der Waals surface area contributed by atoms with Crippen LogP contribution in [0.15, 0.2) is 42.5 Å². The lowest BCUT2D eigenvalue weighted by molar-refractivity contribution is -0.149. The van der Waals surface area contributed by atoms with E-state index in [2.05, 4.69) is 10.6 Å². The number of benzene rings is 2. The third kappa shape index (κ3) is 6.57. The lowest BCUT2D eigenvalue weighted by atomic mass is 10.1. The molecule has 31 heavy (non-hydrogen) atoms. The molecule has 0 aliphatic heterocycles. The van der Waals surface area contributed by atoms with E-state index in [1.807, 2.05) is 32.0 Å². The third-order valence-corrected chi connectivity index (χ3v) is 5.19. The molecule has 2 N–H and O–H groups in total. The summed E-state index contributed by atoms with van der Waals surface area (Å²) in [5.74, 6) is -0.796. The smallest absolute Gasteiger partial charge is 0.344 e. The average molecular weight is 424 g/mol. The number of carbonyl (C=O) groups excluding carboxylic acids is 3. The maximum Gasteiger partial charge on any atom is 0.344 e. The van der Waals surface area contributed by atoms with Crippen LogP contribution in [0.2, 0.25) is 0 Å². The van der Waals surface area contributed by atoms with E-state index in [0.717, 1.165) is 36.8 Å². The normalized spacial score (nSPS) is 13.5. The molecule has 0 unspecified atom stereocenters. The van der Waals surface area contributed by atoms with Crippen molar-refractivity contribution in [3.05, 3.63) is 59.2 Å². The Kier molecular flexibility index (Phi) is 7.65. The van der Waals surface area contributed by atoms with Gasteiger partial charge in [0.2, 0.25) is 0 Å². The van der Waals surface area contributed by atoms with E-state index in [1.165, 1.54) is 0 Å². The molecule has 0 atom stereocenters. The van der Waals surface area contributed by atoms with Crippen molar-refractivity contribution in [1.29, 1.82) is 0 Å². The van der Waals surface area contributed by atoms with Gasteiger partial charge in [-0.1, -0.05) is 37.1 Å². The van der Waals surface area contributed by atoms with Gasteiger partial charge in [-0.25, -0.2) is 4.79 Å². The average Bonchev–Trinajstić information content (AvgIpc) is 3.26. The van der Waals surface area contributed by atoms with Gasteiger partial charge in [0.25, 0.3) is 11.8 Å². The summed E-state index contributed by atoms with van der Waals surface area (Å²) in [6.45, 7) is 3.06. The molecule has 164 valence electrons. The highest BCUT2D eigenvalue weighted by molar-refractivity contribution is 6.04. The summed E-state index contributed by atoms with van der Waals surface area (Å²) >= 11 is 0. The van der Waals surface area contributed by atoms with Crippen LogP contribution >= 0.6 is 0 Å². The van der Waals surface area contributed by atoms with Crippen molar-refractivity contribution >= 4 is 23.5 Å². The molecule has 0 aromatic heterocycles. The predicted octanol–water partition coefficient (Wildman–Crippen LogP) is 3.54. The van der Waals surface area contributed by atoms with Gasteiger partial charge in [0, 0.05) is 6.04 Å². The van der Waals surface area contributed by atoms with E-state index >= 15 is 0 Å². The van der Waals surface area contributed by atoms with Crippen molar-refractivity contribution in [1.82, 2.24) is 5.32 Å². The molecule has 0 heterocycles. The highest BCUT2D eigenvalue weighted by atomic mass is 16.6. The maximum absolute atomic E-state index is 12.6. The first-order chi connectivity index (χ1) is 14.9. The minimum Gasteiger partial charge on any atom is -0.482 e. The summed E-state index contributed by atoms with van der Waals surface area (Å²) in [6.07, 6.45) is 4.17. The van der Waals surface area contributed by atoms with Gasteiger partial charge in [-0.05, 0) is 56.0 Å². The van der Waals surface area contributed by atoms with Crippen LogP contribution in [0.4, 0.5) is 5.69 Å². The lowest BCUT2D eigenvalue weighted by Crippen LogP contribution is -2.33. The molecule has 2 amide bonds. The van der Waals surface area contributed by atoms with Crippen LogP contribution in [0.1, 0.15) is 47.2 Å². The van der Waals surface area contributed by atoms with Crippen LogP contribution in [0.3, 0.4) is 0 Å². The highest BCUT2D eigenvalue weighted by Gasteiger charge is 2.20. The molecule has 1 saturated carbocycles. The Labute approximate surface area is 182 Å². The van der Waals surface area contributed by atoms with Crippen LogP contribution in [0, 0.1) is 13.8 Å². The quantitative estimate of drug-likeness (QED) is 0.632. The van der Waals surface area contributed by atoms with Gasteiger partial charge < -0.3 is 20.1 Å². The van der Waals surface area contributed by atoms with Gasteiger partial charge in [0.1, 0.15) is 5.75 Å². The monoisotopic (exact) mass is 424 g/mol. The molecule has 0 bridgehead atoms. The zero-order chi connectivity index (χ0) is 22.2. The number of esters is 1. The van der Waals surface area contributed by atoms with E-state index in [-0.39, 0.29) is 18.6 Å². The molecule has 1 aliphatic carbocycles. The number of ether oxygens (including phenoxy) is 2. The first-order valence-corrected chi connectivity index (χ1v) is 10.5. The van der Waals surface area contributed by atoms with Crippen molar-refractivity contribution in [3.8, 4) is 5.75 Å². The van der Waals surface area contributed by atoms with Crippen molar-refractivity contribution in [2.45, 2.75) is 45.6 Å². The number of anilines is 1. The number of nitrogens with one attached hydrogen (secondary N) is 2. The van der Waals surface area contributed by atoms with Gasteiger partial charge in [0.05, 0.1) is 11.3 Å². The summed E-state index contributed by atoms with van der Waals surface area (Å²) in [5, 5.41) is 5.65. The Morgan fingerprint density at radius 2 is 1.74 bits per heavy atom. The van der Waals surface area contributed by atoms with Crippen molar-refractivity contribution in [3.63, 3.8) is 0 Å². The first-order valence-electron chi connectivity index (χ1n) is 10.5. The SMILES string of the molecule is Cc1ccc(C)c(OCC(=O)OCC(=O)Nc2ccccc2C(=O)NC2CCCC2)c1. The summed E-state index contributed by atoms with van der Waals surface area (Å²) in [4.78, 5) is 36.8. The van der Waals surface area contributed by atoms with Crippen LogP contribution in [0.5, 0.6) is 5.75 Å². The van der Waals surface area contributed by atoms with E-state index in [0.29, 0.717) is 17.0 Å².